The summed E-state index contributed by atoms with van der Waals surface area (Å²) in [7, 11) is 0. The molecule has 7 heteroatoms. The molecule has 1 fully saturated rings. The summed E-state index contributed by atoms with van der Waals surface area (Å²) < 4.78 is 0. The van der Waals surface area contributed by atoms with Gasteiger partial charge in [-0.05, 0) is 49.8 Å². The number of likely N-dealkylation sites (tertiary alicyclic amines) is 1. The van der Waals surface area contributed by atoms with Crippen LogP contribution in [0.2, 0.25) is 0 Å². The number of thiophene rings is 1. The molecule has 2 aromatic rings. The number of fused-ring (bicyclic) bond motifs is 1. The summed E-state index contributed by atoms with van der Waals surface area (Å²) in [6.45, 7) is 1.44. The minimum atomic E-state index is -0.533. The summed E-state index contributed by atoms with van der Waals surface area (Å²) in [4.78, 5) is 28.2. The number of hydrogen-bond donors (Lipinski definition) is 2. The molecule has 1 aliphatic heterocycles. The van der Waals surface area contributed by atoms with Gasteiger partial charge in [0.05, 0.1) is 4.88 Å². The second-order valence-corrected chi connectivity index (χ2v) is 7.71. The van der Waals surface area contributed by atoms with Gasteiger partial charge in [-0.2, -0.15) is 5.10 Å². The number of carbonyl (C=O) groups excluding carboxylic acids is 2. The molecule has 2 amide bonds. The summed E-state index contributed by atoms with van der Waals surface area (Å²) >= 11 is 1.66. The number of aryl methyl sites for hydroxylation is 2. The zero-order valence-corrected chi connectivity index (χ0v) is 14.2. The second-order valence-electron chi connectivity index (χ2n) is 6.58. The van der Waals surface area contributed by atoms with Gasteiger partial charge in [0.1, 0.15) is 5.69 Å². The molecule has 0 radical (unpaired) electrons. The molecule has 0 aromatic carbocycles. The van der Waals surface area contributed by atoms with E-state index in [4.69, 9.17) is 5.73 Å². The molecule has 0 saturated carbocycles. The van der Waals surface area contributed by atoms with E-state index in [0.29, 0.717) is 6.54 Å². The maximum atomic E-state index is 12.8. The van der Waals surface area contributed by atoms with Crippen LogP contribution in [0.1, 0.15) is 61.5 Å². The largest absolute Gasteiger partial charge is 0.364 e. The Labute approximate surface area is 144 Å². The predicted molar refractivity (Wildman–Crippen MR) is 91.3 cm³/mol. The fourth-order valence-electron chi connectivity index (χ4n) is 3.68. The highest BCUT2D eigenvalue weighted by Crippen LogP contribution is 2.33. The molecule has 2 aromatic heterocycles. The zero-order valence-electron chi connectivity index (χ0n) is 13.4. The number of H-pyrrole nitrogens is 1. The molecule has 0 spiro atoms. The highest BCUT2D eigenvalue weighted by atomic mass is 32.1. The molecule has 3 N–H and O–H groups in total. The zero-order chi connectivity index (χ0) is 16.7. The van der Waals surface area contributed by atoms with Crippen LogP contribution in [0.4, 0.5) is 0 Å². The lowest BCUT2D eigenvalue weighted by molar-refractivity contribution is 0.0710. The number of aromatic amines is 1. The molecular weight excluding hydrogens is 324 g/mol. The monoisotopic (exact) mass is 344 g/mol. The normalized spacial score (nSPS) is 20.2. The maximum Gasteiger partial charge on any atom is 0.269 e. The Morgan fingerprint density at radius 1 is 1.29 bits per heavy atom. The average molecular weight is 344 g/mol. The number of rotatable bonds is 3. The van der Waals surface area contributed by atoms with Crippen LogP contribution in [0, 0.1) is 0 Å². The number of hydrogen-bond acceptors (Lipinski definition) is 4. The molecule has 1 aliphatic carbocycles. The Morgan fingerprint density at radius 3 is 2.92 bits per heavy atom. The van der Waals surface area contributed by atoms with Crippen LogP contribution >= 0.6 is 11.3 Å². The van der Waals surface area contributed by atoms with E-state index in [1.807, 2.05) is 4.90 Å². The van der Waals surface area contributed by atoms with Gasteiger partial charge in [-0.3, -0.25) is 14.7 Å². The Bertz CT molecular complexity index is 773. The van der Waals surface area contributed by atoms with E-state index in [1.54, 1.807) is 17.4 Å². The van der Waals surface area contributed by atoms with Gasteiger partial charge in [0, 0.05) is 29.6 Å². The Hall–Kier alpha value is -2.15. The number of nitrogens with one attached hydrogen (secondary N) is 1. The summed E-state index contributed by atoms with van der Waals surface area (Å²) in [6.07, 6.45) is 5.35. The number of amides is 2. The van der Waals surface area contributed by atoms with Crippen molar-refractivity contribution in [3.63, 3.8) is 0 Å². The first kappa shape index (κ1) is 15.4. The number of nitrogens with two attached hydrogens (primary N) is 1. The fraction of sp³-hybridized carbons (Fsp3) is 0.471. The van der Waals surface area contributed by atoms with Gasteiger partial charge in [0.2, 0.25) is 0 Å². The summed E-state index contributed by atoms with van der Waals surface area (Å²) in [5.74, 6) is -0.224. The number of piperidine rings is 1. The number of primary amides is 1. The Balaban J connectivity index is 1.49. The average Bonchev–Trinajstić information content (AvgIpc) is 3.29. The van der Waals surface area contributed by atoms with Crippen molar-refractivity contribution >= 4 is 23.2 Å². The molecule has 24 heavy (non-hydrogen) atoms. The van der Waals surface area contributed by atoms with Crippen LogP contribution in [-0.2, 0) is 12.8 Å². The minimum absolute atomic E-state index is 0.133. The van der Waals surface area contributed by atoms with Gasteiger partial charge in [-0.15, -0.1) is 11.3 Å². The first-order valence-electron chi connectivity index (χ1n) is 8.38. The van der Waals surface area contributed by atoms with E-state index in [2.05, 4.69) is 16.3 Å². The SMILES string of the molecule is NC(=O)c1cc([C@@H]2CCCN(C(=O)c3cc4c(s3)CCC4)C2)[nH]n1. The molecular formula is C17H20N4O2S. The Kier molecular flexibility index (Phi) is 3.88. The molecule has 1 atom stereocenters. The third-order valence-electron chi connectivity index (χ3n) is 4.96. The van der Waals surface area contributed by atoms with Gasteiger partial charge in [-0.25, -0.2) is 0 Å². The number of carbonyl (C=O) groups is 2. The molecule has 4 rings (SSSR count). The Morgan fingerprint density at radius 2 is 2.17 bits per heavy atom. The van der Waals surface area contributed by atoms with Gasteiger partial charge < -0.3 is 10.6 Å². The molecule has 3 heterocycles. The van der Waals surface area contributed by atoms with Crippen LogP contribution in [0.25, 0.3) is 0 Å². The maximum absolute atomic E-state index is 12.8. The van der Waals surface area contributed by atoms with Gasteiger partial charge >= 0.3 is 0 Å². The molecule has 2 aliphatic rings. The van der Waals surface area contributed by atoms with Crippen molar-refractivity contribution in [1.29, 1.82) is 0 Å². The van der Waals surface area contributed by atoms with E-state index in [-0.39, 0.29) is 17.5 Å². The lowest BCUT2D eigenvalue weighted by atomic mass is 9.94. The van der Waals surface area contributed by atoms with Crippen molar-refractivity contribution in [1.82, 2.24) is 15.1 Å². The van der Waals surface area contributed by atoms with E-state index < -0.39 is 5.91 Å². The molecule has 126 valence electrons. The van der Waals surface area contributed by atoms with Crippen molar-refractivity contribution < 1.29 is 9.59 Å². The van der Waals surface area contributed by atoms with Crippen LogP contribution in [0.3, 0.4) is 0 Å². The first-order chi connectivity index (χ1) is 11.6. The van der Waals surface area contributed by atoms with Crippen LogP contribution in [0.15, 0.2) is 12.1 Å². The third-order valence-corrected chi connectivity index (χ3v) is 6.18. The molecule has 1 saturated heterocycles. The van der Waals surface area contributed by atoms with Crippen LogP contribution in [0.5, 0.6) is 0 Å². The van der Waals surface area contributed by atoms with Gasteiger partial charge in [0.15, 0.2) is 0 Å². The van der Waals surface area contributed by atoms with Gasteiger partial charge in [-0.1, -0.05) is 0 Å². The van der Waals surface area contributed by atoms with E-state index in [9.17, 15) is 9.59 Å². The fourth-order valence-corrected chi connectivity index (χ4v) is 4.90. The van der Waals surface area contributed by atoms with E-state index >= 15 is 0 Å². The molecule has 6 nitrogen and oxygen atoms in total. The first-order valence-corrected chi connectivity index (χ1v) is 9.19. The van der Waals surface area contributed by atoms with Crippen molar-refractivity contribution in [2.75, 3.05) is 13.1 Å². The highest BCUT2D eigenvalue weighted by molar-refractivity contribution is 7.14. The molecule has 0 bridgehead atoms. The quantitative estimate of drug-likeness (QED) is 0.893. The van der Waals surface area contributed by atoms with Crippen molar-refractivity contribution in [3.8, 4) is 0 Å². The highest BCUT2D eigenvalue weighted by Gasteiger charge is 2.29. The standard InChI is InChI=1S/C17H20N4O2S/c18-16(22)13-8-12(19-20-13)11-4-2-6-21(9-11)17(23)15-7-10-3-1-5-14(10)24-15/h7-8,11H,1-6,9H2,(H2,18,22)(H,19,20)/t11-/m1/s1. The van der Waals surface area contributed by atoms with Crippen molar-refractivity contribution in [2.45, 2.75) is 38.0 Å². The third kappa shape index (κ3) is 2.73. The van der Waals surface area contributed by atoms with E-state index in [0.717, 1.165) is 42.8 Å². The number of aromatic nitrogens is 2. The summed E-state index contributed by atoms with van der Waals surface area (Å²) in [5, 5.41) is 6.85. The van der Waals surface area contributed by atoms with E-state index in [1.165, 1.54) is 16.9 Å². The van der Waals surface area contributed by atoms with Gasteiger partial charge in [0.25, 0.3) is 11.8 Å². The summed E-state index contributed by atoms with van der Waals surface area (Å²) in [6, 6.07) is 3.79. The predicted octanol–water partition coefficient (Wildman–Crippen LogP) is 2.08. The summed E-state index contributed by atoms with van der Waals surface area (Å²) in [5.41, 5.74) is 7.75. The molecule has 0 unspecified atom stereocenters. The topological polar surface area (TPSA) is 92.1 Å². The second kappa shape index (κ2) is 6.05. The van der Waals surface area contributed by atoms with Crippen molar-refractivity contribution in [2.24, 2.45) is 5.73 Å². The van der Waals surface area contributed by atoms with Crippen LogP contribution < -0.4 is 5.73 Å². The smallest absolute Gasteiger partial charge is 0.269 e. The minimum Gasteiger partial charge on any atom is -0.364 e. The van der Waals surface area contributed by atoms with Crippen LogP contribution in [-0.4, -0.2) is 40.0 Å². The lowest BCUT2D eigenvalue weighted by Gasteiger charge is -2.32. The van der Waals surface area contributed by atoms with Crippen molar-refractivity contribution in [3.05, 3.63) is 38.8 Å². The lowest BCUT2D eigenvalue weighted by Crippen LogP contribution is -2.38. The number of nitrogens with zero attached hydrogens (tertiary/aromatic N) is 2.